The predicted molar refractivity (Wildman–Crippen MR) is 75.7 cm³/mol. The molecule has 4 nitrogen and oxygen atoms in total. The van der Waals surface area contributed by atoms with Gasteiger partial charge in [-0.05, 0) is 18.9 Å². The fraction of sp³-hybridized carbons (Fsp3) is 0.818. The zero-order chi connectivity index (χ0) is 12.7. The Labute approximate surface area is 112 Å². The molecule has 0 amide bonds. The molecular weight excluding hydrogens is 254 g/mol. The average Bonchev–Trinajstić information content (AvgIpc) is 2.70. The molecule has 0 spiro atoms. The van der Waals surface area contributed by atoms with Crippen molar-refractivity contribution < 1.29 is 5.11 Å². The van der Waals surface area contributed by atoms with Crippen LogP contribution in [0.1, 0.15) is 30.7 Å². The molecule has 0 aliphatic heterocycles. The number of hydrogen-bond acceptors (Lipinski definition) is 5. The minimum absolute atomic E-state index is 0.113. The minimum Gasteiger partial charge on any atom is -0.394 e. The second-order valence-corrected chi connectivity index (χ2v) is 6.28. The Morgan fingerprint density at radius 1 is 1.47 bits per heavy atom. The van der Waals surface area contributed by atoms with Crippen LogP contribution in [0.3, 0.4) is 0 Å². The van der Waals surface area contributed by atoms with Crippen molar-refractivity contribution >= 4 is 23.5 Å². The van der Waals surface area contributed by atoms with E-state index in [9.17, 15) is 0 Å². The summed E-state index contributed by atoms with van der Waals surface area (Å²) in [7, 11) is 0. The third kappa shape index (κ3) is 4.52. The Morgan fingerprint density at radius 3 is 2.82 bits per heavy atom. The fourth-order valence-corrected chi connectivity index (χ4v) is 2.80. The molecule has 1 N–H and O–H groups in total. The van der Waals surface area contributed by atoms with E-state index in [1.54, 1.807) is 11.8 Å². The largest absolute Gasteiger partial charge is 0.394 e. The van der Waals surface area contributed by atoms with Crippen LogP contribution >= 0.6 is 23.5 Å². The molecule has 0 aliphatic rings. The van der Waals surface area contributed by atoms with E-state index in [4.69, 9.17) is 5.11 Å². The molecule has 1 heterocycles. The zero-order valence-corrected chi connectivity index (χ0v) is 12.4. The first-order valence-electron chi connectivity index (χ1n) is 5.87. The average molecular weight is 275 g/mol. The standard InChI is InChI=1S/C11H21N3OS2/c1-4-17-9(2)11-12-10(5-8-16-3)13-14(11)6-7-15/h9,15H,4-8H2,1-3H3/t9-/m0/s1. The molecule has 1 rings (SSSR count). The molecule has 0 fully saturated rings. The van der Waals surface area contributed by atoms with Crippen molar-refractivity contribution in [2.24, 2.45) is 0 Å². The highest BCUT2D eigenvalue weighted by molar-refractivity contribution is 7.99. The monoisotopic (exact) mass is 275 g/mol. The first-order valence-corrected chi connectivity index (χ1v) is 8.32. The van der Waals surface area contributed by atoms with E-state index < -0.39 is 0 Å². The molecule has 0 aromatic carbocycles. The van der Waals surface area contributed by atoms with Gasteiger partial charge in [0.15, 0.2) is 5.82 Å². The van der Waals surface area contributed by atoms with Crippen LogP contribution < -0.4 is 0 Å². The van der Waals surface area contributed by atoms with Crippen molar-refractivity contribution in [1.82, 2.24) is 14.8 Å². The van der Waals surface area contributed by atoms with E-state index in [0.717, 1.165) is 29.6 Å². The highest BCUT2D eigenvalue weighted by Crippen LogP contribution is 2.26. The van der Waals surface area contributed by atoms with Crippen LogP contribution in [0.25, 0.3) is 0 Å². The van der Waals surface area contributed by atoms with Crippen molar-refractivity contribution in [2.75, 3.05) is 24.4 Å². The lowest BCUT2D eigenvalue weighted by Gasteiger charge is -2.09. The highest BCUT2D eigenvalue weighted by Gasteiger charge is 2.15. The molecule has 1 aromatic rings. The minimum atomic E-state index is 0.113. The van der Waals surface area contributed by atoms with E-state index in [1.807, 2.05) is 16.4 Å². The summed E-state index contributed by atoms with van der Waals surface area (Å²) < 4.78 is 1.85. The summed E-state index contributed by atoms with van der Waals surface area (Å²) >= 11 is 3.65. The molecule has 0 unspecified atom stereocenters. The van der Waals surface area contributed by atoms with Crippen molar-refractivity contribution in [3.05, 3.63) is 11.6 Å². The maximum atomic E-state index is 9.04. The Kier molecular flexibility index (Phi) is 6.99. The summed E-state index contributed by atoms with van der Waals surface area (Å²) in [5.74, 6) is 3.99. The number of aliphatic hydroxyl groups excluding tert-OH is 1. The summed E-state index contributed by atoms with van der Waals surface area (Å²) in [4.78, 5) is 4.59. The van der Waals surface area contributed by atoms with Crippen LogP contribution in [-0.4, -0.2) is 44.2 Å². The van der Waals surface area contributed by atoms with Crippen molar-refractivity contribution in [3.8, 4) is 0 Å². The number of aryl methyl sites for hydroxylation is 1. The lowest BCUT2D eigenvalue weighted by molar-refractivity contribution is 0.266. The normalized spacial score (nSPS) is 12.9. The summed E-state index contributed by atoms with van der Waals surface area (Å²) in [6, 6.07) is 0. The van der Waals surface area contributed by atoms with E-state index in [0.29, 0.717) is 11.8 Å². The lowest BCUT2D eigenvalue weighted by Crippen LogP contribution is -2.10. The van der Waals surface area contributed by atoms with Gasteiger partial charge < -0.3 is 5.11 Å². The highest BCUT2D eigenvalue weighted by atomic mass is 32.2. The number of thioether (sulfide) groups is 2. The van der Waals surface area contributed by atoms with Gasteiger partial charge in [-0.25, -0.2) is 9.67 Å². The summed E-state index contributed by atoms with van der Waals surface area (Å²) in [6.07, 6.45) is 2.98. The van der Waals surface area contributed by atoms with Gasteiger partial charge >= 0.3 is 0 Å². The van der Waals surface area contributed by atoms with Crippen LogP contribution in [0.4, 0.5) is 0 Å². The van der Waals surface area contributed by atoms with Gasteiger partial charge in [0.1, 0.15) is 5.82 Å². The Morgan fingerprint density at radius 2 is 2.24 bits per heavy atom. The van der Waals surface area contributed by atoms with Gasteiger partial charge in [-0.1, -0.05) is 6.92 Å². The number of hydrogen-bond donors (Lipinski definition) is 1. The van der Waals surface area contributed by atoms with Crippen molar-refractivity contribution in [2.45, 2.75) is 32.1 Å². The van der Waals surface area contributed by atoms with Crippen LogP contribution in [-0.2, 0) is 13.0 Å². The van der Waals surface area contributed by atoms with Gasteiger partial charge in [-0.2, -0.15) is 28.6 Å². The van der Waals surface area contributed by atoms with Gasteiger partial charge in [0.2, 0.25) is 0 Å². The van der Waals surface area contributed by atoms with Gasteiger partial charge in [0.25, 0.3) is 0 Å². The van der Waals surface area contributed by atoms with E-state index in [1.165, 1.54) is 0 Å². The molecule has 0 saturated carbocycles. The molecule has 0 bridgehead atoms. The molecule has 17 heavy (non-hydrogen) atoms. The lowest BCUT2D eigenvalue weighted by atomic mass is 10.4. The van der Waals surface area contributed by atoms with Gasteiger partial charge in [-0.15, -0.1) is 0 Å². The van der Waals surface area contributed by atoms with E-state index >= 15 is 0 Å². The quantitative estimate of drug-likeness (QED) is 0.786. The van der Waals surface area contributed by atoms with Gasteiger partial charge in [0, 0.05) is 12.2 Å². The molecule has 1 atom stereocenters. The van der Waals surface area contributed by atoms with Crippen LogP contribution in [0.5, 0.6) is 0 Å². The number of aromatic nitrogens is 3. The zero-order valence-electron chi connectivity index (χ0n) is 10.7. The number of aliphatic hydroxyl groups is 1. The van der Waals surface area contributed by atoms with E-state index in [2.05, 4.69) is 30.2 Å². The summed E-state index contributed by atoms with van der Waals surface area (Å²) in [6.45, 7) is 4.94. The first kappa shape index (κ1) is 14.9. The topological polar surface area (TPSA) is 50.9 Å². The maximum Gasteiger partial charge on any atom is 0.151 e. The molecule has 0 saturated heterocycles. The third-order valence-electron chi connectivity index (χ3n) is 2.37. The van der Waals surface area contributed by atoms with Gasteiger partial charge in [0.05, 0.1) is 18.4 Å². The Balaban J connectivity index is 2.80. The Hall–Kier alpha value is -0.200. The molecule has 6 heteroatoms. The molecule has 1 aromatic heterocycles. The second kappa shape index (κ2) is 8.00. The van der Waals surface area contributed by atoms with Crippen LogP contribution in [0, 0.1) is 0 Å². The SMILES string of the molecule is CCS[C@@H](C)c1nc(CCSC)nn1CCO. The first-order chi connectivity index (χ1) is 8.22. The van der Waals surface area contributed by atoms with Crippen LogP contribution in [0.2, 0.25) is 0 Å². The molecular formula is C11H21N3OS2. The van der Waals surface area contributed by atoms with E-state index in [-0.39, 0.29) is 6.61 Å². The fourth-order valence-electron chi connectivity index (χ4n) is 1.59. The summed E-state index contributed by atoms with van der Waals surface area (Å²) in [5, 5.41) is 13.8. The maximum absolute atomic E-state index is 9.04. The van der Waals surface area contributed by atoms with Gasteiger partial charge in [-0.3, -0.25) is 0 Å². The predicted octanol–water partition coefficient (Wildman–Crippen LogP) is 1.99. The number of rotatable bonds is 8. The molecule has 0 radical (unpaired) electrons. The molecule has 98 valence electrons. The Bertz CT molecular complexity index is 331. The second-order valence-electron chi connectivity index (χ2n) is 3.67. The van der Waals surface area contributed by atoms with Crippen LogP contribution in [0.15, 0.2) is 0 Å². The third-order valence-corrected chi connectivity index (χ3v) is 4.02. The molecule has 0 aliphatic carbocycles. The smallest absolute Gasteiger partial charge is 0.151 e. The summed E-state index contributed by atoms with van der Waals surface area (Å²) in [5.41, 5.74) is 0. The van der Waals surface area contributed by atoms with Crippen molar-refractivity contribution in [1.29, 1.82) is 0 Å². The number of nitrogens with zero attached hydrogens (tertiary/aromatic N) is 3. The van der Waals surface area contributed by atoms with Crippen molar-refractivity contribution in [3.63, 3.8) is 0 Å².